The van der Waals surface area contributed by atoms with Crippen LogP contribution < -0.4 is 5.56 Å². The van der Waals surface area contributed by atoms with Gasteiger partial charge in [0.2, 0.25) is 0 Å². The summed E-state index contributed by atoms with van der Waals surface area (Å²) in [7, 11) is 0. The Morgan fingerprint density at radius 2 is 2.04 bits per heavy atom. The second-order valence-corrected chi connectivity index (χ2v) is 8.72. The van der Waals surface area contributed by atoms with Crippen LogP contribution in [-0.2, 0) is 18.6 Å². The summed E-state index contributed by atoms with van der Waals surface area (Å²) in [6, 6.07) is 10.2. The van der Waals surface area contributed by atoms with Gasteiger partial charge in [0.1, 0.15) is 4.83 Å². The fourth-order valence-electron chi connectivity index (χ4n) is 3.53. The van der Waals surface area contributed by atoms with Gasteiger partial charge in [0.25, 0.3) is 5.56 Å². The minimum Gasteiger partial charge on any atom is -0.301 e. The van der Waals surface area contributed by atoms with Gasteiger partial charge in [-0.2, -0.15) is 5.10 Å². The number of H-pyrrole nitrogens is 1. The van der Waals surface area contributed by atoms with E-state index in [4.69, 9.17) is 4.98 Å². The maximum absolute atomic E-state index is 12.6. The zero-order chi connectivity index (χ0) is 18.2. The average molecular weight is 395 g/mol. The van der Waals surface area contributed by atoms with Crippen LogP contribution >= 0.6 is 23.1 Å². The molecule has 1 aromatic carbocycles. The van der Waals surface area contributed by atoms with Gasteiger partial charge < -0.3 is 4.98 Å². The molecule has 0 saturated heterocycles. The van der Waals surface area contributed by atoms with Gasteiger partial charge in [0, 0.05) is 23.0 Å². The van der Waals surface area contributed by atoms with Crippen molar-refractivity contribution in [3.63, 3.8) is 0 Å². The molecule has 5 nitrogen and oxygen atoms in total. The van der Waals surface area contributed by atoms with E-state index in [0.29, 0.717) is 5.16 Å². The molecule has 0 bridgehead atoms. The number of fused-ring (bicyclic) bond motifs is 3. The molecule has 3 aromatic heterocycles. The summed E-state index contributed by atoms with van der Waals surface area (Å²) in [6.07, 6.45) is 8.17. The van der Waals surface area contributed by atoms with Crippen molar-refractivity contribution in [3.05, 3.63) is 69.1 Å². The van der Waals surface area contributed by atoms with Crippen LogP contribution in [0.25, 0.3) is 15.9 Å². The summed E-state index contributed by atoms with van der Waals surface area (Å²) in [5.74, 6) is 0.763. The number of thiophene rings is 1. The lowest BCUT2D eigenvalue weighted by Gasteiger charge is -2.09. The normalized spacial score (nSPS) is 13.8. The fourth-order valence-corrected chi connectivity index (χ4v) is 5.67. The summed E-state index contributed by atoms with van der Waals surface area (Å²) < 4.78 is 1.84. The van der Waals surface area contributed by atoms with Crippen LogP contribution in [0, 0.1) is 0 Å². The van der Waals surface area contributed by atoms with E-state index < -0.39 is 0 Å². The van der Waals surface area contributed by atoms with Gasteiger partial charge >= 0.3 is 0 Å². The molecule has 5 rings (SSSR count). The first-order chi connectivity index (χ1) is 13.3. The molecule has 0 spiro atoms. The highest BCUT2D eigenvalue weighted by molar-refractivity contribution is 7.98. The number of aromatic nitrogens is 4. The van der Waals surface area contributed by atoms with Gasteiger partial charge in [-0.25, -0.2) is 9.67 Å². The molecule has 1 N–H and O–H groups in total. The lowest BCUT2D eigenvalue weighted by molar-refractivity contribution is 0.700. The van der Waals surface area contributed by atoms with Crippen molar-refractivity contribution in [2.24, 2.45) is 0 Å². The predicted octanol–water partition coefficient (Wildman–Crippen LogP) is 4.34. The molecule has 136 valence electrons. The SMILES string of the molecule is O=c1[nH]c(SCc2ccc(-n3cccn3)cc2)nc2sc3c(c12)CCCC3. The number of thioether (sulfide) groups is 1. The average Bonchev–Trinajstić information content (AvgIpc) is 3.34. The Kier molecular flexibility index (Phi) is 4.33. The van der Waals surface area contributed by atoms with E-state index in [1.807, 2.05) is 16.9 Å². The summed E-state index contributed by atoms with van der Waals surface area (Å²) >= 11 is 3.27. The van der Waals surface area contributed by atoms with E-state index in [9.17, 15) is 4.79 Å². The third kappa shape index (κ3) is 3.21. The molecule has 4 aromatic rings. The maximum Gasteiger partial charge on any atom is 0.260 e. The largest absolute Gasteiger partial charge is 0.301 e. The van der Waals surface area contributed by atoms with Crippen LogP contribution in [0.3, 0.4) is 0 Å². The fraction of sp³-hybridized carbons (Fsp3) is 0.250. The third-order valence-corrected chi connectivity index (χ3v) is 7.01. The first-order valence-corrected chi connectivity index (χ1v) is 10.8. The summed E-state index contributed by atoms with van der Waals surface area (Å²) in [6.45, 7) is 0. The van der Waals surface area contributed by atoms with Crippen molar-refractivity contribution >= 4 is 33.3 Å². The zero-order valence-corrected chi connectivity index (χ0v) is 16.3. The Balaban J connectivity index is 1.36. The summed E-state index contributed by atoms with van der Waals surface area (Å²) in [5, 5.41) is 5.76. The highest BCUT2D eigenvalue weighted by atomic mass is 32.2. The van der Waals surface area contributed by atoms with Gasteiger partial charge in [-0.3, -0.25) is 4.79 Å². The Hall–Kier alpha value is -2.38. The molecule has 0 fully saturated rings. The van der Waals surface area contributed by atoms with Gasteiger partial charge in [0.15, 0.2) is 5.16 Å². The van der Waals surface area contributed by atoms with Gasteiger partial charge in [-0.05, 0) is 55.0 Å². The maximum atomic E-state index is 12.6. The molecule has 0 unspecified atom stereocenters. The van der Waals surface area contributed by atoms with Crippen molar-refractivity contribution in [2.75, 3.05) is 0 Å². The lowest BCUT2D eigenvalue weighted by atomic mass is 9.97. The standard InChI is InChI=1S/C20H18N4OS2/c25-18-17-15-4-1-2-5-16(15)27-19(17)23-20(22-18)26-12-13-6-8-14(9-7-13)24-11-3-10-21-24/h3,6-11H,1-2,4-5,12H2,(H,22,23,25). The van der Waals surface area contributed by atoms with E-state index >= 15 is 0 Å². The molecule has 1 aliphatic carbocycles. The van der Waals surface area contributed by atoms with E-state index in [1.165, 1.54) is 28.8 Å². The zero-order valence-electron chi connectivity index (χ0n) is 14.6. The van der Waals surface area contributed by atoms with E-state index in [1.54, 1.807) is 29.3 Å². The topological polar surface area (TPSA) is 63.6 Å². The van der Waals surface area contributed by atoms with Crippen LogP contribution in [-0.4, -0.2) is 19.7 Å². The van der Waals surface area contributed by atoms with E-state index in [-0.39, 0.29) is 5.56 Å². The van der Waals surface area contributed by atoms with Gasteiger partial charge in [-0.15, -0.1) is 11.3 Å². The highest BCUT2D eigenvalue weighted by Crippen LogP contribution is 2.34. The van der Waals surface area contributed by atoms with E-state index in [0.717, 1.165) is 34.5 Å². The molecule has 0 saturated carbocycles. The number of rotatable bonds is 4. The Labute approximate surface area is 164 Å². The lowest BCUT2D eigenvalue weighted by Crippen LogP contribution is -2.10. The molecule has 27 heavy (non-hydrogen) atoms. The van der Waals surface area contributed by atoms with E-state index in [2.05, 4.69) is 34.3 Å². The van der Waals surface area contributed by atoms with Crippen molar-refractivity contribution in [1.82, 2.24) is 19.7 Å². The van der Waals surface area contributed by atoms with Crippen molar-refractivity contribution in [3.8, 4) is 5.69 Å². The van der Waals surface area contributed by atoms with Crippen molar-refractivity contribution < 1.29 is 0 Å². The summed E-state index contributed by atoms with van der Waals surface area (Å²) in [4.78, 5) is 22.6. The van der Waals surface area contributed by atoms with Gasteiger partial charge in [0.05, 0.1) is 11.1 Å². The number of nitrogens with one attached hydrogen (secondary N) is 1. The minimum absolute atomic E-state index is 0.0101. The number of nitrogens with zero attached hydrogens (tertiary/aromatic N) is 3. The number of aryl methyl sites for hydroxylation is 2. The van der Waals surface area contributed by atoms with Crippen molar-refractivity contribution in [1.29, 1.82) is 0 Å². The third-order valence-electron chi connectivity index (χ3n) is 4.88. The monoisotopic (exact) mass is 394 g/mol. The molecule has 0 aliphatic heterocycles. The number of benzene rings is 1. The molecular formula is C20H18N4OS2. The molecule has 0 radical (unpaired) electrons. The first-order valence-electron chi connectivity index (χ1n) is 9.04. The van der Waals surface area contributed by atoms with Crippen LogP contribution in [0.15, 0.2) is 52.7 Å². The predicted molar refractivity (Wildman–Crippen MR) is 110 cm³/mol. The minimum atomic E-state index is 0.0101. The Bertz CT molecular complexity index is 1140. The molecule has 3 heterocycles. The first kappa shape index (κ1) is 16.8. The Morgan fingerprint density at radius 3 is 2.85 bits per heavy atom. The van der Waals surface area contributed by atoms with Crippen LogP contribution in [0.5, 0.6) is 0 Å². The highest BCUT2D eigenvalue weighted by Gasteiger charge is 2.19. The molecule has 1 aliphatic rings. The Morgan fingerprint density at radius 1 is 1.19 bits per heavy atom. The molecular weight excluding hydrogens is 376 g/mol. The smallest absolute Gasteiger partial charge is 0.260 e. The van der Waals surface area contributed by atoms with Crippen molar-refractivity contribution in [2.45, 2.75) is 36.6 Å². The van der Waals surface area contributed by atoms with Crippen LogP contribution in [0.1, 0.15) is 28.8 Å². The molecule has 7 heteroatoms. The van der Waals surface area contributed by atoms with Crippen LogP contribution in [0.2, 0.25) is 0 Å². The summed E-state index contributed by atoms with van der Waals surface area (Å²) in [5.41, 5.74) is 3.46. The number of hydrogen-bond acceptors (Lipinski definition) is 5. The molecule has 0 atom stereocenters. The number of aromatic amines is 1. The second-order valence-electron chi connectivity index (χ2n) is 6.67. The number of hydrogen-bond donors (Lipinski definition) is 1. The van der Waals surface area contributed by atoms with Gasteiger partial charge in [-0.1, -0.05) is 23.9 Å². The van der Waals surface area contributed by atoms with Crippen LogP contribution in [0.4, 0.5) is 0 Å². The quantitative estimate of drug-likeness (QED) is 0.413. The molecule has 0 amide bonds. The second kappa shape index (κ2) is 6.98.